The first-order chi connectivity index (χ1) is 9.83. The maximum absolute atomic E-state index is 12.2. The SMILES string of the molecule is O=C(Oc1ccccc1)N(CCc1nccs1)C1CC1. The van der Waals surface area contributed by atoms with E-state index in [4.69, 9.17) is 4.74 Å². The van der Waals surface area contributed by atoms with Crippen LogP contribution in [0.15, 0.2) is 41.9 Å². The Bertz CT molecular complexity index is 553. The van der Waals surface area contributed by atoms with Gasteiger partial charge in [-0.2, -0.15) is 0 Å². The Labute approximate surface area is 122 Å². The number of para-hydroxylation sites is 1. The van der Waals surface area contributed by atoms with Crippen molar-refractivity contribution in [1.82, 2.24) is 9.88 Å². The molecule has 0 spiro atoms. The molecule has 0 saturated heterocycles. The molecular formula is C15H16N2O2S. The number of rotatable bonds is 5. The maximum atomic E-state index is 12.2. The summed E-state index contributed by atoms with van der Waals surface area (Å²) in [6, 6.07) is 9.55. The van der Waals surface area contributed by atoms with Crippen molar-refractivity contribution in [3.63, 3.8) is 0 Å². The second-order valence-electron chi connectivity index (χ2n) is 4.78. The van der Waals surface area contributed by atoms with Gasteiger partial charge < -0.3 is 9.64 Å². The zero-order valence-electron chi connectivity index (χ0n) is 11.1. The van der Waals surface area contributed by atoms with E-state index in [1.807, 2.05) is 28.5 Å². The Morgan fingerprint density at radius 3 is 2.80 bits per heavy atom. The van der Waals surface area contributed by atoms with Crippen molar-refractivity contribution < 1.29 is 9.53 Å². The molecule has 1 aliphatic rings. The number of carbonyl (C=O) groups excluding carboxylic acids is 1. The minimum absolute atomic E-state index is 0.254. The lowest BCUT2D eigenvalue weighted by Gasteiger charge is -2.21. The zero-order valence-corrected chi connectivity index (χ0v) is 11.9. The van der Waals surface area contributed by atoms with Crippen molar-refractivity contribution >= 4 is 17.4 Å². The second-order valence-corrected chi connectivity index (χ2v) is 5.76. The average Bonchev–Trinajstić information content (AvgIpc) is 3.15. The van der Waals surface area contributed by atoms with Crippen LogP contribution in [0.4, 0.5) is 4.79 Å². The second kappa shape index (κ2) is 6.05. The molecule has 1 amide bonds. The summed E-state index contributed by atoms with van der Waals surface area (Å²) in [4.78, 5) is 18.3. The molecule has 0 aliphatic heterocycles. The molecule has 0 radical (unpaired) electrons. The lowest BCUT2D eigenvalue weighted by Crippen LogP contribution is -2.37. The number of hydrogen-bond donors (Lipinski definition) is 0. The van der Waals surface area contributed by atoms with Crippen LogP contribution in [0.1, 0.15) is 17.8 Å². The molecule has 2 aromatic rings. The van der Waals surface area contributed by atoms with E-state index in [0.717, 1.165) is 24.3 Å². The molecule has 1 aromatic carbocycles. The van der Waals surface area contributed by atoms with Crippen molar-refractivity contribution in [3.05, 3.63) is 46.9 Å². The van der Waals surface area contributed by atoms with Gasteiger partial charge in [-0.05, 0) is 25.0 Å². The van der Waals surface area contributed by atoms with Gasteiger partial charge in [0.15, 0.2) is 0 Å². The summed E-state index contributed by atoms with van der Waals surface area (Å²) in [7, 11) is 0. The van der Waals surface area contributed by atoms with Gasteiger partial charge in [0.1, 0.15) is 5.75 Å². The van der Waals surface area contributed by atoms with Crippen molar-refractivity contribution in [1.29, 1.82) is 0 Å². The average molecular weight is 288 g/mol. The highest BCUT2D eigenvalue weighted by atomic mass is 32.1. The predicted molar refractivity (Wildman–Crippen MR) is 78.0 cm³/mol. The third kappa shape index (κ3) is 3.36. The van der Waals surface area contributed by atoms with Crippen LogP contribution in [-0.2, 0) is 6.42 Å². The van der Waals surface area contributed by atoms with E-state index in [1.165, 1.54) is 0 Å². The summed E-state index contributed by atoms with van der Waals surface area (Å²) in [6.07, 6.45) is 4.47. The Morgan fingerprint density at radius 2 is 2.15 bits per heavy atom. The summed E-state index contributed by atoms with van der Waals surface area (Å²) in [6.45, 7) is 0.670. The van der Waals surface area contributed by atoms with E-state index in [2.05, 4.69) is 4.98 Å². The number of aromatic nitrogens is 1. The third-order valence-electron chi connectivity index (χ3n) is 3.22. The normalized spacial score (nSPS) is 14.0. The van der Waals surface area contributed by atoms with Crippen LogP contribution in [-0.4, -0.2) is 28.6 Å². The molecule has 104 valence electrons. The number of carbonyl (C=O) groups is 1. The molecule has 0 atom stereocenters. The molecule has 0 unspecified atom stereocenters. The summed E-state index contributed by atoms with van der Waals surface area (Å²) in [5, 5.41) is 3.02. The number of nitrogens with zero attached hydrogens (tertiary/aromatic N) is 2. The fraction of sp³-hybridized carbons (Fsp3) is 0.333. The van der Waals surface area contributed by atoms with Crippen LogP contribution in [0.3, 0.4) is 0 Å². The largest absolute Gasteiger partial charge is 0.415 e. The van der Waals surface area contributed by atoms with E-state index in [0.29, 0.717) is 18.3 Å². The van der Waals surface area contributed by atoms with Gasteiger partial charge in [-0.15, -0.1) is 11.3 Å². The fourth-order valence-electron chi connectivity index (χ4n) is 2.05. The van der Waals surface area contributed by atoms with Crippen LogP contribution < -0.4 is 4.74 Å². The van der Waals surface area contributed by atoms with Gasteiger partial charge in [-0.1, -0.05) is 18.2 Å². The molecule has 5 heteroatoms. The highest BCUT2D eigenvalue weighted by Gasteiger charge is 2.33. The first kappa shape index (κ1) is 13.1. The first-order valence-electron chi connectivity index (χ1n) is 6.75. The lowest BCUT2D eigenvalue weighted by molar-refractivity contribution is 0.149. The van der Waals surface area contributed by atoms with Gasteiger partial charge in [0.2, 0.25) is 0 Å². The summed E-state index contributed by atoms with van der Waals surface area (Å²) in [5.41, 5.74) is 0. The highest BCUT2D eigenvalue weighted by molar-refractivity contribution is 7.09. The van der Waals surface area contributed by atoms with Crippen molar-refractivity contribution in [3.8, 4) is 5.75 Å². The molecule has 1 aromatic heterocycles. The molecule has 0 N–H and O–H groups in total. The quantitative estimate of drug-likeness (QED) is 0.847. The Kier molecular flexibility index (Phi) is 3.97. The molecule has 3 rings (SSSR count). The topological polar surface area (TPSA) is 42.4 Å². The predicted octanol–water partition coefficient (Wildman–Crippen LogP) is 3.35. The van der Waals surface area contributed by atoms with E-state index in [9.17, 15) is 4.79 Å². The van der Waals surface area contributed by atoms with Crippen LogP contribution in [0.5, 0.6) is 5.75 Å². The number of amides is 1. The Morgan fingerprint density at radius 1 is 1.35 bits per heavy atom. The Hall–Kier alpha value is -1.88. The molecule has 1 saturated carbocycles. The summed E-state index contributed by atoms with van der Waals surface area (Å²) < 4.78 is 5.42. The zero-order chi connectivity index (χ0) is 13.8. The van der Waals surface area contributed by atoms with Gasteiger partial charge in [0.25, 0.3) is 0 Å². The lowest BCUT2D eigenvalue weighted by atomic mass is 10.3. The molecule has 20 heavy (non-hydrogen) atoms. The van der Waals surface area contributed by atoms with Crippen LogP contribution >= 0.6 is 11.3 Å². The summed E-state index contributed by atoms with van der Waals surface area (Å²) in [5.74, 6) is 0.595. The van der Waals surface area contributed by atoms with Crippen molar-refractivity contribution in [2.45, 2.75) is 25.3 Å². The van der Waals surface area contributed by atoms with E-state index in [1.54, 1.807) is 29.7 Å². The molecule has 1 fully saturated rings. The van der Waals surface area contributed by atoms with E-state index >= 15 is 0 Å². The van der Waals surface area contributed by atoms with Gasteiger partial charge in [-0.25, -0.2) is 9.78 Å². The maximum Gasteiger partial charge on any atom is 0.415 e. The number of hydrogen-bond acceptors (Lipinski definition) is 4. The minimum Gasteiger partial charge on any atom is -0.410 e. The number of benzene rings is 1. The highest BCUT2D eigenvalue weighted by Crippen LogP contribution is 2.28. The first-order valence-corrected chi connectivity index (χ1v) is 7.63. The van der Waals surface area contributed by atoms with Crippen LogP contribution in [0.2, 0.25) is 0 Å². The number of thiazole rings is 1. The third-order valence-corrected chi connectivity index (χ3v) is 4.06. The monoisotopic (exact) mass is 288 g/mol. The summed E-state index contributed by atoms with van der Waals surface area (Å²) >= 11 is 1.62. The van der Waals surface area contributed by atoms with Crippen molar-refractivity contribution in [2.75, 3.05) is 6.54 Å². The van der Waals surface area contributed by atoms with Gasteiger partial charge in [0.05, 0.1) is 5.01 Å². The molecule has 0 bridgehead atoms. The van der Waals surface area contributed by atoms with E-state index in [-0.39, 0.29) is 6.09 Å². The molecular weight excluding hydrogens is 272 g/mol. The van der Waals surface area contributed by atoms with Crippen LogP contribution in [0, 0.1) is 0 Å². The fourth-order valence-corrected chi connectivity index (χ4v) is 2.66. The van der Waals surface area contributed by atoms with Gasteiger partial charge in [-0.3, -0.25) is 0 Å². The van der Waals surface area contributed by atoms with Gasteiger partial charge >= 0.3 is 6.09 Å². The van der Waals surface area contributed by atoms with E-state index < -0.39 is 0 Å². The Balaban J connectivity index is 1.60. The van der Waals surface area contributed by atoms with Crippen molar-refractivity contribution in [2.24, 2.45) is 0 Å². The van der Waals surface area contributed by atoms with Gasteiger partial charge in [0, 0.05) is 30.6 Å². The van der Waals surface area contributed by atoms with Crippen LogP contribution in [0.25, 0.3) is 0 Å². The minimum atomic E-state index is -0.254. The number of ether oxygens (including phenoxy) is 1. The molecule has 1 heterocycles. The standard InChI is InChI=1S/C15H16N2O2S/c18-15(19-13-4-2-1-3-5-13)17(12-6-7-12)10-8-14-16-9-11-20-14/h1-5,9,11-12H,6-8,10H2. The molecule has 4 nitrogen and oxygen atoms in total. The molecule has 1 aliphatic carbocycles. The smallest absolute Gasteiger partial charge is 0.410 e.